The van der Waals surface area contributed by atoms with Crippen LogP contribution in [0.5, 0.6) is 0 Å². The molecule has 2 bridgehead atoms. The minimum absolute atomic E-state index is 0.0368. The molecule has 2 heterocycles. The van der Waals surface area contributed by atoms with E-state index >= 15 is 0 Å². The van der Waals surface area contributed by atoms with Gasteiger partial charge >= 0.3 is 0 Å². The van der Waals surface area contributed by atoms with Gasteiger partial charge in [-0.25, -0.2) is 0 Å². The van der Waals surface area contributed by atoms with Crippen LogP contribution in [-0.2, 0) is 4.79 Å². The highest BCUT2D eigenvalue weighted by atomic mass is 16.6. The Morgan fingerprint density at radius 2 is 1.50 bits per heavy atom. The molecule has 10 nitrogen and oxygen atoms in total. The summed E-state index contributed by atoms with van der Waals surface area (Å²) in [5.41, 5.74) is 0.382. The maximum Gasteiger partial charge on any atom is 0.299 e. The fraction of sp³-hybridized carbons (Fsp3) is 0.0909. The van der Waals surface area contributed by atoms with E-state index in [2.05, 4.69) is 0 Å². The Bertz CT molecular complexity index is 1310. The van der Waals surface area contributed by atoms with Gasteiger partial charge in [0.2, 0.25) is 0 Å². The Kier molecular flexibility index (Phi) is 4.22. The van der Waals surface area contributed by atoms with Crippen LogP contribution < -0.4 is 9.80 Å². The number of carbonyl (C=O) groups excluding carboxylic acids is 2. The summed E-state index contributed by atoms with van der Waals surface area (Å²) in [6.45, 7) is 0. The molecule has 0 spiro atoms. The number of Topliss-reactive ketones (excluding diaryl/α,β-unsaturated/α-hetero) is 1. The molecule has 3 aromatic carbocycles. The second-order valence-electron chi connectivity index (χ2n) is 7.37. The van der Waals surface area contributed by atoms with Crippen molar-refractivity contribution in [3.63, 3.8) is 0 Å². The summed E-state index contributed by atoms with van der Waals surface area (Å²) in [6.07, 6.45) is -0.830. The number of non-ortho nitro benzene ring substituents is 1. The third kappa shape index (κ3) is 2.66. The van der Waals surface area contributed by atoms with Gasteiger partial charge in [-0.2, -0.15) is 0 Å². The van der Waals surface area contributed by atoms with Crippen molar-refractivity contribution in [3.05, 3.63) is 104 Å². The van der Waals surface area contributed by atoms with E-state index in [1.54, 1.807) is 54.6 Å². The van der Waals surface area contributed by atoms with E-state index in [9.17, 15) is 29.8 Å². The molecule has 0 aliphatic carbocycles. The summed E-state index contributed by atoms with van der Waals surface area (Å²) >= 11 is 0. The Morgan fingerprint density at radius 1 is 0.812 bits per heavy atom. The van der Waals surface area contributed by atoms with Crippen LogP contribution >= 0.6 is 0 Å². The van der Waals surface area contributed by atoms with Crippen molar-refractivity contribution in [1.29, 1.82) is 0 Å². The molecule has 5 rings (SSSR count). The van der Waals surface area contributed by atoms with Crippen molar-refractivity contribution in [2.24, 2.45) is 0 Å². The molecular weight excluding hydrogens is 416 g/mol. The van der Waals surface area contributed by atoms with Gasteiger partial charge in [-0.1, -0.05) is 42.5 Å². The van der Waals surface area contributed by atoms with Gasteiger partial charge in [0, 0.05) is 22.9 Å². The van der Waals surface area contributed by atoms with E-state index in [0.717, 1.165) is 12.1 Å². The maximum atomic E-state index is 13.5. The molecule has 0 radical (unpaired) electrons. The molecule has 2 aliphatic heterocycles. The van der Waals surface area contributed by atoms with Crippen LogP contribution in [0.25, 0.3) is 0 Å². The van der Waals surface area contributed by atoms with Gasteiger partial charge in [-0.3, -0.25) is 34.7 Å². The highest BCUT2D eigenvalue weighted by molar-refractivity contribution is 6.25. The number of carbonyl (C=O) groups is 2. The first-order valence-corrected chi connectivity index (χ1v) is 9.62. The second kappa shape index (κ2) is 6.98. The Labute approximate surface area is 180 Å². The van der Waals surface area contributed by atoms with Crippen LogP contribution in [0.1, 0.15) is 22.1 Å². The summed E-state index contributed by atoms with van der Waals surface area (Å²) in [7, 11) is 0. The van der Waals surface area contributed by atoms with Crippen LogP contribution in [0.3, 0.4) is 0 Å². The van der Waals surface area contributed by atoms with Crippen LogP contribution in [-0.4, -0.2) is 27.6 Å². The van der Waals surface area contributed by atoms with Crippen LogP contribution in [0, 0.1) is 20.2 Å². The first kappa shape index (κ1) is 19.4. The molecule has 0 aromatic heterocycles. The predicted molar refractivity (Wildman–Crippen MR) is 113 cm³/mol. The maximum absolute atomic E-state index is 13.5. The van der Waals surface area contributed by atoms with Gasteiger partial charge in [0.05, 0.1) is 15.9 Å². The van der Waals surface area contributed by atoms with Gasteiger partial charge in [-0.05, 0) is 18.2 Å². The molecule has 32 heavy (non-hydrogen) atoms. The second-order valence-corrected chi connectivity index (χ2v) is 7.37. The van der Waals surface area contributed by atoms with Crippen molar-refractivity contribution < 1.29 is 19.4 Å². The van der Waals surface area contributed by atoms with Crippen LogP contribution in [0.15, 0.2) is 72.8 Å². The number of hydrogen-bond acceptors (Lipinski definition) is 7. The fourth-order valence-electron chi connectivity index (χ4n) is 4.38. The normalized spacial score (nSPS) is 19.1. The molecule has 2 atom stereocenters. The van der Waals surface area contributed by atoms with Gasteiger partial charge in [0.1, 0.15) is 11.9 Å². The minimum Gasteiger partial charge on any atom is -0.322 e. The lowest BCUT2D eigenvalue weighted by atomic mass is 9.92. The van der Waals surface area contributed by atoms with Gasteiger partial charge in [0.15, 0.2) is 11.8 Å². The molecule has 2 aliphatic rings. The number of rotatable bonds is 4. The van der Waals surface area contributed by atoms with E-state index in [-0.39, 0.29) is 5.69 Å². The number of nitro benzene ring substituents is 2. The van der Waals surface area contributed by atoms with E-state index in [1.807, 2.05) is 0 Å². The molecule has 1 amide bonds. The lowest BCUT2D eigenvalue weighted by molar-refractivity contribution is -0.393. The van der Waals surface area contributed by atoms with Gasteiger partial charge < -0.3 is 4.90 Å². The van der Waals surface area contributed by atoms with Crippen molar-refractivity contribution >= 4 is 34.4 Å². The van der Waals surface area contributed by atoms with E-state index < -0.39 is 45.1 Å². The summed E-state index contributed by atoms with van der Waals surface area (Å²) < 4.78 is 0. The van der Waals surface area contributed by atoms with Crippen molar-refractivity contribution in [1.82, 2.24) is 0 Å². The standard InChI is InChI=1S/C22H14N4O6/c27-20-15-8-4-5-9-16(15)21-23(13-6-2-1-3-7-13)22(28)19(20)24(21)17-11-10-14(25(29)30)12-18(17)26(31)32/h1-12,19,21H. The first-order valence-electron chi connectivity index (χ1n) is 9.62. The number of hydrogen-bond donors (Lipinski definition) is 0. The lowest BCUT2D eigenvalue weighted by Crippen LogP contribution is -2.45. The smallest absolute Gasteiger partial charge is 0.299 e. The Morgan fingerprint density at radius 3 is 2.19 bits per heavy atom. The van der Waals surface area contributed by atoms with Crippen molar-refractivity contribution in [2.75, 3.05) is 9.80 Å². The molecule has 2 unspecified atom stereocenters. The predicted octanol–water partition coefficient (Wildman–Crippen LogP) is 3.62. The fourth-order valence-corrected chi connectivity index (χ4v) is 4.38. The lowest BCUT2D eigenvalue weighted by Gasteiger charge is -2.36. The molecule has 3 aromatic rings. The average molecular weight is 430 g/mol. The van der Waals surface area contributed by atoms with Gasteiger partial charge in [-0.15, -0.1) is 0 Å². The summed E-state index contributed by atoms with van der Waals surface area (Å²) in [6, 6.07) is 17.3. The molecule has 0 N–H and O–H groups in total. The number of anilines is 2. The highest BCUT2D eigenvalue weighted by Crippen LogP contribution is 2.49. The average Bonchev–Trinajstić information content (AvgIpc) is 3.06. The van der Waals surface area contributed by atoms with Crippen molar-refractivity contribution in [3.8, 4) is 0 Å². The van der Waals surface area contributed by atoms with Gasteiger partial charge in [0.25, 0.3) is 17.3 Å². The van der Waals surface area contributed by atoms with Crippen LogP contribution in [0.2, 0.25) is 0 Å². The zero-order chi connectivity index (χ0) is 22.6. The molecule has 10 heteroatoms. The largest absolute Gasteiger partial charge is 0.322 e. The molecule has 1 fully saturated rings. The van der Waals surface area contributed by atoms with Crippen molar-refractivity contribution in [2.45, 2.75) is 12.2 Å². The first-order chi connectivity index (χ1) is 15.4. The SMILES string of the molecule is O=C1c2ccccc2C2N(c3ccccc3)C(=O)C1N2c1ccc([N+](=O)[O-])cc1[N+](=O)[O-]. The van der Waals surface area contributed by atoms with E-state index in [1.165, 1.54) is 15.9 Å². The zero-order valence-electron chi connectivity index (χ0n) is 16.3. The highest BCUT2D eigenvalue weighted by Gasteiger charge is 2.56. The number of amides is 1. The minimum atomic E-state index is -1.32. The van der Waals surface area contributed by atoms with Crippen LogP contribution in [0.4, 0.5) is 22.7 Å². The monoisotopic (exact) mass is 430 g/mol. The zero-order valence-corrected chi connectivity index (χ0v) is 16.3. The quantitative estimate of drug-likeness (QED) is 0.351. The Hall–Kier alpha value is -4.60. The number of nitro groups is 2. The Balaban J connectivity index is 1.77. The van der Waals surface area contributed by atoms with E-state index in [4.69, 9.17) is 0 Å². The summed E-state index contributed by atoms with van der Waals surface area (Å²) in [5.74, 6) is -0.997. The molecule has 0 saturated carbocycles. The number of para-hydroxylation sites is 1. The molecule has 158 valence electrons. The number of benzene rings is 3. The molecule has 1 saturated heterocycles. The van der Waals surface area contributed by atoms with E-state index in [0.29, 0.717) is 16.8 Å². The molecular formula is C22H14N4O6. The third-order valence-corrected chi connectivity index (χ3v) is 5.69. The summed E-state index contributed by atoms with van der Waals surface area (Å²) in [5, 5.41) is 23.0. The topological polar surface area (TPSA) is 127 Å². The number of nitrogens with zero attached hydrogens (tertiary/aromatic N) is 4. The third-order valence-electron chi connectivity index (χ3n) is 5.69. The number of fused-ring (bicyclic) bond motifs is 4. The summed E-state index contributed by atoms with van der Waals surface area (Å²) in [4.78, 5) is 51.2. The number of ketones is 1.